The molecule has 1 aromatic rings. The number of hydrogen-bond acceptors (Lipinski definition) is 3. The highest BCUT2D eigenvalue weighted by atomic mass is 32.2. The quantitative estimate of drug-likeness (QED) is 0.908. The molecule has 0 saturated carbocycles. The van der Waals surface area contributed by atoms with Gasteiger partial charge in [0.1, 0.15) is 11.0 Å². The van der Waals surface area contributed by atoms with Crippen LogP contribution < -0.4 is 0 Å². The van der Waals surface area contributed by atoms with Gasteiger partial charge in [-0.1, -0.05) is 0 Å². The second kappa shape index (κ2) is 5.23. The van der Waals surface area contributed by atoms with Crippen LogP contribution in [0.2, 0.25) is 0 Å². The van der Waals surface area contributed by atoms with Gasteiger partial charge in [0.15, 0.2) is 0 Å². The second-order valence-corrected chi connectivity index (χ2v) is 8.42. The fourth-order valence-corrected chi connectivity index (χ4v) is 3.56. The van der Waals surface area contributed by atoms with Crippen molar-refractivity contribution in [2.75, 3.05) is 6.61 Å². The van der Waals surface area contributed by atoms with Crippen LogP contribution in [0.15, 0.2) is 15.8 Å². The van der Waals surface area contributed by atoms with Crippen LogP contribution in [-0.4, -0.2) is 26.4 Å². The topological polar surface area (TPSA) is 49.7 Å². The molecule has 3 nitrogen and oxygen atoms in total. The molecule has 1 N–H and O–H groups in total. The molecule has 1 heterocycles. The molecule has 0 spiro atoms. The second-order valence-electron chi connectivity index (χ2n) is 5.51. The third-order valence-corrected chi connectivity index (χ3v) is 5.44. The minimum atomic E-state index is -1.27. The van der Waals surface area contributed by atoms with E-state index < -0.39 is 11.0 Å². The third kappa shape index (κ3) is 2.73. The van der Waals surface area contributed by atoms with Crippen molar-refractivity contribution in [2.24, 2.45) is 10.3 Å². The number of hydrogen-bond donors (Lipinski definition) is 1. The Hall–Kier alpha value is -0.520. The molecular formula is C13H19NO2S2. The summed E-state index contributed by atoms with van der Waals surface area (Å²) in [5.74, 6) is 0.0263. The van der Waals surface area contributed by atoms with Gasteiger partial charge in [-0.25, -0.2) is 4.21 Å². The fourth-order valence-electron chi connectivity index (χ4n) is 1.95. The van der Waals surface area contributed by atoms with E-state index >= 15 is 0 Å². The number of aliphatic hydroxyl groups is 1. The number of aliphatic hydroxyl groups excluding tert-OH is 1. The Morgan fingerprint density at radius 2 is 2.28 bits per heavy atom. The number of nitrogens with zero attached hydrogens (tertiary/aromatic N) is 1. The molecule has 2 atom stereocenters. The normalized spacial score (nSPS) is 24.0. The van der Waals surface area contributed by atoms with Crippen molar-refractivity contribution in [3.05, 3.63) is 21.9 Å². The highest BCUT2D eigenvalue weighted by molar-refractivity contribution is 7.85. The molecule has 0 radical (unpaired) electrons. The number of rotatable bonds is 2. The molecule has 18 heavy (non-hydrogen) atoms. The first-order valence-electron chi connectivity index (χ1n) is 6.11. The molecule has 1 aliphatic rings. The van der Waals surface area contributed by atoms with Crippen molar-refractivity contribution >= 4 is 28.0 Å². The molecule has 0 saturated heterocycles. The SMILES string of the molecule is CC(C)(C)S(=O)/N=C1/c2ccsc2CC[C@H]1CO. The van der Waals surface area contributed by atoms with Crippen molar-refractivity contribution in [1.29, 1.82) is 0 Å². The minimum Gasteiger partial charge on any atom is -0.396 e. The predicted molar refractivity (Wildman–Crippen MR) is 77.6 cm³/mol. The summed E-state index contributed by atoms with van der Waals surface area (Å²) in [6.45, 7) is 5.82. The van der Waals surface area contributed by atoms with Crippen molar-refractivity contribution < 1.29 is 9.32 Å². The lowest BCUT2D eigenvalue weighted by Crippen LogP contribution is -2.28. The van der Waals surface area contributed by atoms with Crippen LogP contribution in [0.5, 0.6) is 0 Å². The van der Waals surface area contributed by atoms with Crippen molar-refractivity contribution in [3.63, 3.8) is 0 Å². The Bertz CT molecular complexity index is 485. The maximum absolute atomic E-state index is 12.2. The van der Waals surface area contributed by atoms with Crippen molar-refractivity contribution in [1.82, 2.24) is 0 Å². The van der Waals surface area contributed by atoms with E-state index in [2.05, 4.69) is 4.40 Å². The van der Waals surface area contributed by atoms with Gasteiger partial charge in [-0.05, 0) is 45.1 Å². The molecular weight excluding hydrogens is 266 g/mol. The molecule has 2 rings (SSSR count). The van der Waals surface area contributed by atoms with Crippen LogP contribution in [0, 0.1) is 5.92 Å². The third-order valence-electron chi connectivity index (χ3n) is 3.05. The van der Waals surface area contributed by atoms with Gasteiger partial charge in [0.2, 0.25) is 0 Å². The number of thiophene rings is 1. The number of fused-ring (bicyclic) bond motifs is 1. The molecule has 1 unspecified atom stereocenters. The van der Waals surface area contributed by atoms with E-state index in [1.165, 1.54) is 4.88 Å². The molecule has 0 aliphatic heterocycles. The summed E-state index contributed by atoms with van der Waals surface area (Å²) in [5.41, 5.74) is 1.91. The zero-order chi connectivity index (χ0) is 13.3. The van der Waals surface area contributed by atoms with E-state index in [9.17, 15) is 9.32 Å². The van der Waals surface area contributed by atoms with E-state index in [1.807, 2.05) is 32.2 Å². The molecule has 5 heteroatoms. The average molecular weight is 285 g/mol. The summed E-state index contributed by atoms with van der Waals surface area (Å²) in [7, 11) is -1.27. The smallest absolute Gasteiger partial charge is 0.145 e. The van der Waals surface area contributed by atoms with Gasteiger partial charge >= 0.3 is 0 Å². The van der Waals surface area contributed by atoms with Gasteiger partial charge < -0.3 is 5.11 Å². The fraction of sp³-hybridized carbons (Fsp3) is 0.615. The maximum atomic E-state index is 12.2. The molecule has 1 aliphatic carbocycles. The predicted octanol–water partition coefficient (Wildman–Crippen LogP) is 2.55. The van der Waals surface area contributed by atoms with Crippen LogP contribution in [-0.2, 0) is 17.4 Å². The van der Waals surface area contributed by atoms with E-state index in [0.717, 1.165) is 24.1 Å². The van der Waals surface area contributed by atoms with Crippen LogP contribution in [0.1, 0.15) is 37.6 Å². The van der Waals surface area contributed by atoms with Gasteiger partial charge in [0, 0.05) is 16.4 Å². The van der Waals surface area contributed by atoms with Gasteiger partial charge in [-0.2, -0.15) is 4.40 Å². The van der Waals surface area contributed by atoms with Crippen LogP contribution in [0.3, 0.4) is 0 Å². The molecule has 100 valence electrons. The van der Waals surface area contributed by atoms with Gasteiger partial charge in [-0.15, -0.1) is 11.3 Å². The molecule has 1 aromatic heterocycles. The Balaban J connectivity index is 2.41. The Morgan fingerprint density at radius 1 is 1.56 bits per heavy atom. The Kier molecular flexibility index (Phi) is 4.04. The first-order valence-corrected chi connectivity index (χ1v) is 8.10. The maximum Gasteiger partial charge on any atom is 0.145 e. The van der Waals surface area contributed by atoms with E-state index in [4.69, 9.17) is 0 Å². The lowest BCUT2D eigenvalue weighted by molar-refractivity contribution is 0.254. The first-order chi connectivity index (χ1) is 8.43. The summed E-state index contributed by atoms with van der Waals surface area (Å²) < 4.78 is 16.2. The zero-order valence-corrected chi connectivity index (χ0v) is 12.6. The van der Waals surface area contributed by atoms with E-state index in [0.29, 0.717) is 0 Å². The largest absolute Gasteiger partial charge is 0.396 e. The lowest BCUT2D eigenvalue weighted by Gasteiger charge is -2.24. The Morgan fingerprint density at radius 3 is 2.89 bits per heavy atom. The first kappa shape index (κ1) is 13.9. The summed E-state index contributed by atoms with van der Waals surface area (Å²) >= 11 is 1.71. The van der Waals surface area contributed by atoms with E-state index in [-0.39, 0.29) is 17.3 Å². The highest BCUT2D eigenvalue weighted by Gasteiger charge is 2.28. The summed E-state index contributed by atoms with van der Waals surface area (Å²) in [6, 6.07) is 2.03. The molecule has 0 fully saturated rings. The van der Waals surface area contributed by atoms with Crippen molar-refractivity contribution in [2.45, 2.75) is 38.4 Å². The molecule has 0 amide bonds. The van der Waals surface area contributed by atoms with Gasteiger partial charge in [0.05, 0.1) is 17.1 Å². The van der Waals surface area contributed by atoms with Gasteiger partial charge in [0.25, 0.3) is 0 Å². The minimum absolute atomic E-state index is 0.0263. The van der Waals surface area contributed by atoms with Gasteiger partial charge in [-0.3, -0.25) is 0 Å². The highest BCUT2D eigenvalue weighted by Crippen LogP contribution is 2.31. The van der Waals surface area contributed by atoms with Crippen LogP contribution >= 0.6 is 11.3 Å². The lowest BCUT2D eigenvalue weighted by atomic mass is 9.87. The van der Waals surface area contributed by atoms with E-state index in [1.54, 1.807) is 11.3 Å². The molecule has 0 aromatic carbocycles. The number of aryl methyl sites for hydroxylation is 1. The standard InChI is InChI=1S/C13H19NO2S2/c1-13(2,3)18(16)14-12-9(8-15)4-5-11-10(12)6-7-17-11/h6-7,9,15H,4-5,8H2,1-3H3/b14-12+/t9-,18?/m0/s1. The summed E-state index contributed by atoms with van der Waals surface area (Å²) in [6.07, 6.45) is 1.88. The molecule has 0 bridgehead atoms. The summed E-state index contributed by atoms with van der Waals surface area (Å²) in [4.78, 5) is 1.30. The zero-order valence-electron chi connectivity index (χ0n) is 11.0. The van der Waals surface area contributed by atoms with Crippen LogP contribution in [0.4, 0.5) is 0 Å². The Labute approximate surface area is 115 Å². The van der Waals surface area contributed by atoms with Crippen molar-refractivity contribution in [3.8, 4) is 0 Å². The average Bonchev–Trinajstić information content (AvgIpc) is 2.76. The summed E-state index contributed by atoms with van der Waals surface area (Å²) in [5, 5.41) is 11.5. The monoisotopic (exact) mass is 285 g/mol. The van der Waals surface area contributed by atoms with Crippen LogP contribution in [0.25, 0.3) is 0 Å².